The van der Waals surface area contributed by atoms with Crippen LogP contribution in [0.2, 0.25) is 0 Å². The average molecular weight is 431 g/mol. The number of nitrogens with zero attached hydrogens (tertiary/aromatic N) is 4. The van der Waals surface area contributed by atoms with Crippen molar-refractivity contribution in [1.29, 1.82) is 5.26 Å². The summed E-state index contributed by atoms with van der Waals surface area (Å²) < 4.78 is 16.1. The smallest absolute Gasteiger partial charge is 0.237 e. The Bertz CT molecular complexity index is 1040. The molecule has 0 atom stereocenters. The number of nitriles is 1. The van der Waals surface area contributed by atoms with Crippen molar-refractivity contribution < 1.29 is 9.18 Å². The monoisotopic (exact) mass is 430 g/mol. The van der Waals surface area contributed by atoms with E-state index in [0.717, 1.165) is 5.69 Å². The normalized spacial score (nSPS) is 10.4. The summed E-state index contributed by atoms with van der Waals surface area (Å²) in [7, 11) is 0. The van der Waals surface area contributed by atoms with Gasteiger partial charge in [-0.15, -0.1) is 5.10 Å². The molecule has 1 amide bonds. The molecule has 0 fully saturated rings. The van der Waals surface area contributed by atoms with Gasteiger partial charge in [-0.1, -0.05) is 41.3 Å². The zero-order valence-electron chi connectivity index (χ0n) is 14.6. The van der Waals surface area contributed by atoms with E-state index in [1.807, 2.05) is 36.4 Å². The highest BCUT2D eigenvalue weighted by Crippen LogP contribution is 2.25. The van der Waals surface area contributed by atoms with Gasteiger partial charge < -0.3 is 4.90 Å². The number of carbonyl (C=O) groups excluding carboxylic acids is 1. The first kappa shape index (κ1) is 20.2. The molecule has 0 aliphatic carbocycles. The summed E-state index contributed by atoms with van der Waals surface area (Å²) in [6, 6.07) is 17.2. The summed E-state index contributed by atoms with van der Waals surface area (Å²) in [5.41, 5.74) is 1.42. The topological polar surface area (TPSA) is 61.9 Å². The van der Waals surface area contributed by atoms with Crippen molar-refractivity contribution >= 4 is 46.9 Å². The number of para-hydroxylation sites is 1. The molecule has 9 heteroatoms. The largest absolute Gasteiger partial charge is 0.311 e. The van der Waals surface area contributed by atoms with Gasteiger partial charge in [0.15, 0.2) is 8.29 Å². The lowest BCUT2D eigenvalue weighted by Crippen LogP contribution is -2.33. The third-order valence-electron chi connectivity index (χ3n) is 3.74. The molecule has 28 heavy (non-hydrogen) atoms. The van der Waals surface area contributed by atoms with Crippen molar-refractivity contribution in [2.24, 2.45) is 0 Å². The fraction of sp³-hybridized carbons (Fsp3) is 0.158. The fourth-order valence-electron chi connectivity index (χ4n) is 2.43. The Kier molecular flexibility index (Phi) is 6.92. The number of anilines is 1. The summed E-state index contributed by atoms with van der Waals surface area (Å²) in [6.07, 6.45) is 0.190. The van der Waals surface area contributed by atoms with Crippen molar-refractivity contribution in [3.05, 3.63) is 64.4 Å². The van der Waals surface area contributed by atoms with Crippen LogP contribution in [0.5, 0.6) is 0 Å². The molecular weight excluding hydrogens is 415 g/mol. The van der Waals surface area contributed by atoms with Crippen LogP contribution in [0.3, 0.4) is 0 Å². The van der Waals surface area contributed by atoms with Gasteiger partial charge in [-0.3, -0.25) is 4.79 Å². The Morgan fingerprint density at radius 2 is 1.96 bits per heavy atom. The van der Waals surface area contributed by atoms with Crippen LogP contribution in [0.4, 0.5) is 10.1 Å². The number of amides is 1. The number of hydrogen-bond donors (Lipinski definition) is 0. The molecule has 0 aliphatic heterocycles. The Morgan fingerprint density at radius 3 is 2.64 bits per heavy atom. The highest BCUT2D eigenvalue weighted by molar-refractivity contribution is 8.01. The summed E-state index contributed by atoms with van der Waals surface area (Å²) in [6.45, 7) is 0.246. The van der Waals surface area contributed by atoms with Crippen LogP contribution in [0.25, 0.3) is 5.69 Å². The number of rotatable bonds is 7. The molecule has 0 bridgehead atoms. The first-order valence-electron chi connectivity index (χ1n) is 8.30. The Labute approximate surface area is 175 Å². The van der Waals surface area contributed by atoms with Crippen LogP contribution >= 0.6 is 35.3 Å². The molecule has 3 aromatic rings. The van der Waals surface area contributed by atoms with Crippen molar-refractivity contribution in [2.45, 2.75) is 10.8 Å². The van der Waals surface area contributed by atoms with E-state index in [1.165, 1.54) is 52.3 Å². The SMILES string of the molecule is N#CCCN(C(=O)CSc1nn(-c2ccccc2)c(=S)s1)c1ccc(F)cc1. The minimum absolute atomic E-state index is 0.139. The van der Waals surface area contributed by atoms with E-state index in [4.69, 9.17) is 17.5 Å². The van der Waals surface area contributed by atoms with Gasteiger partial charge in [-0.2, -0.15) is 5.26 Å². The lowest BCUT2D eigenvalue weighted by atomic mass is 10.2. The Morgan fingerprint density at radius 1 is 1.25 bits per heavy atom. The maximum atomic E-state index is 13.2. The van der Waals surface area contributed by atoms with Crippen molar-refractivity contribution in [1.82, 2.24) is 9.78 Å². The van der Waals surface area contributed by atoms with Crippen LogP contribution < -0.4 is 4.90 Å². The summed E-state index contributed by atoms with van der Waals surface area (Å²) in [5.74, 6) is -0.420. The molecule has 0 saturated heterocycles. The molecule has 0 radical (unpaired) electrons. The zero-order valence-corrected chi connectivity index (χ0v) is 17.1. The molecule has 142 valence electrons. The molecule has 0 aliphatic rings. The van der Waals surface area contributed by atoms with E-state index >= 15 is 0 Å². The van der Waals surface area contributed by atoms with Crippen molar-refractivity contribution in [3.8, 4) is 11.8 Å². The van der Waals surface area contributed by atoms with Gasteiger partial charge in [0, 0.05) is 12.2 Å². The first-order chi connectivity index (χ1) is 13.6. The molecule has 1 heterocycles. The molecule has 0 saturated carbocycles. The van der Waals surface area contributed by atoms with Crippen molar-refractivity contribution in [2.75, 3.05) is 17.2 Å². The number of carbonyl (C=O) groups is 1. The molecule has 2 aromatic carbocycles. The lowest BCUT2D eigenvalue weighted by Gasteiger charge is -2.21. The van der Waals surface area contributed by atoms with E-state index in [2.05, 4.69) is 5.10 Å². The van der Waals surface area contributed by atoms with E-state index in [0.29, 0.717) is 14.0 Å². The molecular formula is C19H15FN4OS3. The highest BCUT2D eigenvalue weighted by atomic mass is 32.2. The zero-order chi connectivity index (χ0) is 19.9. The van der Waals surface area contributed by atoms with E-state index in [1.54, 1.807) is 4.68 Å². The standard InChI is InChI=1S/C19H15FN4OS3/c20-14-7-9-15(10-8-14)23(12-4-11-21)17(25)13-27-18-22-24(19(26)28-18)16-5-2-1-3-6-16/h1-3,5-10H,4,12-13H2. The number of benzene rings is 2. The van der Waals surface area contributed by atoms with Crippen molar-refractivity contribution in [3.63, 3.8) is 0 Å². The quantitative estimate of drug-likeness (QED) is 0.396. The molecule has 1 aromatic heterocycles. The van der Waals surface area contributed by atoms with Crippen LogP contribution in [0.15, 0.2) is 58.9 Å². The minimum atomic E-state index is -0.378. The molecule has 0 spiro atoms. The second-order valence-electron chi connectivity index (χ2n) is 5.60. The Hall–Kier alpha value is -2.54. The second kappa shape index (κ2) is 9.59. The maximum absolute atomic E-state index is 13.2. The van der Waals surface area contributed by atoms with Gasteiger partial charge >= 0.3 is 0 Å². The summed E-state index contributed by atoms with van der Waals surface area (Å²) in [4.78, 5) is 14.2. The lowest BCUT2D eigenvalue weighted by molar-refractivity contribution is -0.116. The van der Waals surface area contributed by atoms with Gasteiger partial charge in [-0.25, -0.2) is 9.07 Å². The number of hydrogen-bond acceptors (Lipinski definition) is 6. The molecule has 0 unspecified atom stereocenters. The van der Waals surface area contributed by atoms with Crippen LogP contribution in [-0.4, -0.2) is 28.0 Å². The average Bonchev–Trinajstić information content (AvgIpc) is 3.09. The number of halogens is 1. The van der Waals surface area contributed by atoms with E-state index in [-0.39, 0.29) is 30.4 Å². The molecule has 0 N–H and O–H groups in total. The van der Waals surface area contributed by atoms with Gasteiger partial charge in [-0.05, 0) is 48.6 Å². The van der Waals surface area contributed by atoms with Crippen LogP contribution in [0.1, 0.15) is 6.42 Å². The van der Waals surface area contributed by atoms with Gasteiger partial charge in [0.25, 0.3) is 0 Å². The van der Waals surface area contributed by atoms with E-state index in [9.17, 15) is 9.18 Å². The highest BCUT2D eigenvalue weighted by Gasteiger charge is 2.17. The molecule has 3 rings (SSSR count). The third-order valence-corrected chi connectivity index (χ3v) is 6.09. The number of aromatic nitrogens is 2. The van der Waals surface area contributed by atoms with Crippen LogP contribution in [0, 0.1) is 21.1 Å². The molecule has 5 nitrogen and oxygen atoms in total. The second-order valence-corrected chi connectivity index (χ2v) is 8.44. The predicted molar refractivity (Wildman–Crippen MR) is 112 cm³/mol. The number of thioether (sulfide) groups is 1. The summed E-state index contributed by atoms with van der Waals surface area (Å²) >= 11 is 8.00. The summed E-state index contributed by atoms with van der Waals surface area (Å²) in [5, 5.41) is 13.3. The maximum Gasteiger partial charge on any atom is 0.237 e. The fourth-order valence-corrected chi connectivity index (χ4v) is 4.67. The predicted octanol–water partition coefficient (Wildman–Crippen LogP) is 4.84. The first-order valence-corrected chi connectivity index (χ1v) is 10.5. The van der Waals surface area contributed by atoms with Gasteiger partial charge in [0.05, 0.1) is 23.9 Å². The van der Waals surface area contributed by atoms with E-state index < -0.39 is 0 Å². The van der Waals surface area contributed by atoms with Gasteiger partial charge in [0.2, 0.25) is 5.91 Å². The Balaban J connectivity index is 1.72. The van der Waals surface area contributed by atoms with Crippen LogP contribution in [-0.2, 0) is 4.79 Å². The third kappa shape index (κ3) is 5.04. The minimum Gasteiger partial charge on any atom is -0.311 e. The van der Waals surface area contributed by atoms with Gasteiger partial charge in [0.1, 0.15) is 5.82 Å².